The van der Waals surface area contributed by atoms with Crippen LogP contribution in [0.3, 0.4) is 0 Å². The van der Waals surface area contributed by atoms with Crippen molar-refractivity contribution < 1.29 is 4.79 Å². The van der Waals surface area contributed by atoms with E-state index in [1.807, 2.05) is 6.07 Å². The van der Waals surface area contributed by atoms with Crippen molar-refractivity contribution in [2.75, 3.05) is 6.54 Å². The van der Waals surface area contributed by atoms with E-state index in [1.165, 1.54) is 0 Å². The third-order valence-electron chi connectivity index (χ3n) is 1.25. The predicted octanol–water partition coefficient (Wildman–Crippen LogP) is 0.838. The van der Waals surface area contributed by atoms with E-state index in [-0.39, 0.29) is 5.91 Å². The Morgan fingerprint density at radius 2 is 2.36 bits per heavy atom. The molecule has 0 aromatic heterocycles. The first-order valence-electron chi connectivity index (χ1n) is 3.35. The average Bonchev–Trinajstić information content (AvgIpc) is 2.00. The zero-order valence-corrected chi connectivity index (χ0v) is 6.85. The molecule has 0 heterocycles. The molecular formula is C8H12N2O. The number of hydrogen-bond acceptors (Lipinski definition) is 2. The van der Waals surface area contributed by atoms with Crippen molar-refractivity contribution in [2.45, 2.75) is 13.8 Å². The van der Waals surface area contributed by atoms with Gasteiger partial charge in [0, 0.05) is 6.54 Å². The molecule has 3 nitrogen and oxygen atoms in total. The second-order valence-corrected chi connectivity index (χ2v) is 2.74. The van der Waals surface area contributed by atoms with Crippen molar-refractivity contribution >= 4 is 5.91 Å². The van der Waals surface area contributed by atoms with Gasteiger partial charge in [0.1, 0.15) is 5.41 Å². The molecule has 0 aliphatic carbocycles. The van der Waals surface area contributed by atoms with Gasteiger partial charge in [-0.05, 0) is 13.8 Å². The molecule has 0 aliphatic heterocycles. The highest BCUT2D eigenvalue weighted by Gasteiger charge is 2.26. The zero-order chi connectivity index (χ0) is 8.91. The molecule has 0 fully saturated rings. The van der Waals surface area contributed by atoms with Crippen molar-refractivity contribution in [1.29, 1.82) is 5.26 Å². The fraction of sp³-hybridized carbons (Fsp3) is 0.500. The number of carbonyl (C=O) groups is 1. The molecule has 0 aromatic carbocycles. The van der Waals surface area contributed by atoms with E-state index in [0.29, 0.717) is 6.54 Å². The van der Waals surface area contributed by atoms with Gasteiger partial charge >= 0.3 is 0 Å². The van der Waals surface area contributed by atoms with E-state index in [2.05, 4.69) is 11.9 Å². The Kier molecular flexibility index (Phi) is 3.32. The maximum atomic E-state index is 11.1. The summed E-state index contributed by atoms with van der Waals surface area (Å²) in [6.07, 6.45) is 1.57. The molecule has 1 N–H and O–H groups in total. The number of nitriles is 1. The maximum Gasteiger partial charge on any atom is 0.240 e. The average molecular weight is 152 g/mol. The summed E-state index contributed by atoms with van der Waals surface area (Å²) in [5, 5.41) is 11.1. The monoisotopic (exact) mass is 152 g/mol. The summed E-state index contributed by atoms with van der Waals surface area (Å²) < 4.78 is 0. The summed E-state index contributed by atoms with van der Waals surface area (Å²) in [6.45, 7) is 7.00. The summed E-state index contributed by atoms with van der Waals surface area (Å²) in [4.78, 5) is 11.1. The molecule has 60 valence electrons. The third kappa shape index (κ3) is 2.85. The molecule has 0 spiro atoms. The molecule has 0 aromatic rings. The minimum absolute atomic E-state index is 0.264. The Labute approximate surface area is 66.7 Å². The van der Waals surface area contributed by atoms with E-state index < -0.39 is 5.41 Å². The molecule has 0 aliphatic rings. The van der Waals surface area contributed by atoms with Crippen LogP contribution in [0.15, 0.2) is 12.7 Å². The van der Waals surface area contributed by atoms with Gasteiger partial charge in [-0.1, -0.05) is 6.08 Å². The van der Waals surface area contributed by atoms with Crippen LogP contribution in [-0.2, 0) is 4.79 Å². The summed E-state index contributed by atoms with van der Waals surface area (Å²) in [5.41, 5.74) is -0.941. The van der Waals surface area contributed by atoms with Crippen LogP contribution in [0.1, 0.15) is 13.8 Å². The van der Waals surface area contributed by atoms with E-state index >= 15 is 0 Å². The minimum atomic E-state index is -0.941. The van der Waals surface area contributed by atoms with Crippen molar-refractivity contribution in [1.82, 2.24) is 5.32 Å². The highest BCUT2D eigenvalue weighted by atomic mass is 16.2. The number of nitrogens with one attached hydrogen (secondary N) is 1. The lowest BCUT2D eigenvalue weighted by molar-refractivity contribution is -0.126. The molecule has 0 saturated heterocycles. The van der Waals surface area contributed by atoms with E-state index in [1.54, 1.807) is 19.9 Å². The summed E-state index contributed by atoms with van der Waals surface area (Å²) in [7, 11) is 0. The quantitative estimate of drug-likeness (QED) is 0.609. The number of hydrogen-bond donors (Lipinski definition) is 1. The van der Waals surface area contributed by atoms with Crippen LogP contribution in [0.4, 0.5) is 0 Å². The molecule has 0 rings (SSSR count). The molecular weight excluding hydrogens is 140 g/mol. The first kappa shape index (κ1) is 9.70. The van der Waals surface area contributed by atoms with E-state index in [0.717, 1.165) is 0 Å². The van der Waals surface area contributed by atoms with Gasteiger partial charge < -0.3 is 5.32 Å². The molecule has 0 radical (unpaired) electrons. The summed E-state index contributed by atoms with van der Waals surface area (Å²) >= 11 is 0. The molecule has 0 saturated carbocycles. The predicted molar refractivity (Wildman–Crippen MR) is 42.6 cm³/mol. The van der Waals surface area contributed by atoms with Crippen molar-refractivity contribution in [2.24, 2.45) is 5.41 Å². The number of amides is 1. The maximum absolute atomic E-state index is 11.1. The summed E-state index contributed by atoms with van der Waals surface area (Å²) in [6, 6.07) is 1.90. The first-order valence-corrected chi connectivity index (χ1v) is 3.35. The van der Waals surface area contributed by atoms with Gasteiger partial charge in [0.25, 0.3) is 0 Å². The molecule has 1 amide bonds. The molecule has 0 unspecified atom stereocenters. The number of nitrogens with zero attached hydrogens (tertiary/aromatic N) is 1. The van der Waals surface area contributed by atoms with Gasteiger partial charge in [0.05, 0.1) is 6.07 Å². The van der Waals surface area contributed by atoms with Gasteiger partial charge in [-0.15, -0.1) is 6.58 Å². The number of carbonyl (C=O) groups excluding carboxylic acids is 1. The van der Waals surface area contributed by atoms with Crippen LogP contribution in [0.5, 0.6) is 0 Å². The lowest BCUT2D eigenvalue weighted by atomic mass is 9.95. The molecule has 3 heteroatoms. The standard InChI is InChI=1S/C8H12N2O/c1-4-5-10-7(11)8(2,3)6-9/h4H,1,5H2,2-3H3,(H,10,11). The van der Waals surface area contributed by atoms with Crippen molar-refractivity contribution in [3.63, 3.8) is 0 Å². The molecule has 11 heavy (non-hydrogen) atoms. The van der Waals surface area contributed by atoms with Crippen molar-refractivity contribution in [3.8, 4) is 6.07 Å². The van der Waals surface area contributed by atoms with Gasteiger partial charge in [-0.3, -0.25) is 4.79 Å². The lowest BCUT2D eigenvalue weighted by Gasteiger charge is -2.13. The van der Waals surface area contributed by atoms with Crippen LogP contribution in [0, 0.1) is 16.7 Å². The van der Waals surface area contributed by atoms with Gasteiger partial charge in [-0.25, -0.2) is 0 Å². The third-order valence-corrected chi connectivity index (χ3v) is 1.25. The number of rotatable bonds is 3. The summed E-state index contributed by atoms with van der Waals surface area (Å²) in [5.74, 6) is -0.264. The largest absolute Gasteiger partial charge is 0.351 e. The van der Waals surface area contributed by atoms with Gasteiger partial charge in [0.2, 0.25) is 5.91 Å². The van der Waals surface area contributed by atoms with Crippen LogP contribution in [0.2, 0.25) is 0 Å². The van der Waals surface area contributed by atoms with Crippen LogP contribution in [0.25, 0.3) is 0 Å². The topological polar surface area (TPSA) is 52.9 Å². The van der Waals surface area contributed by atoms with Gasteiger partial charge in [-0.2, -0.15) is 5.26 Å². The van der Waals surface area contributed by atoms with Crippen molar-refractivity contribution in [3.05, 3.63) is 12.7 Å². The highest BCUT2D eigenvalue weighted by Crippen LogP contribution is 2.11. The Hall–Kier alpha value is -1.30. The van der Waals surface area contributed by atoms with Crippen LogP contribution >= 0.6 is 0 Å². The fourth-order valence-electron chi connectivity index (χ4n) is 0.437. The molecule has 0 bridgehead atoms. The zero-order valence-electron chi connectivity index (χ0n) is 6.85. The van der Waals surface area contributed by atoms with E-state index in [9.17, 15) is 4.79 Å². The Balaban J connectivity index is 4.05. The second-order valence-electron chi connectivity index (χ2n) is 2.74. The minimum Gasteiger partial charge on any atom is -0.351 e. The first-order chi connectivity index (χ1) is 5.04. The Morgan fingerprint density at radius 1 is 1.82 bits per heavy atom. The molecule has 0 atom stereocenters. The normalized spacial score (nSPS) is 9.91. The lowest BCUT2D eigenvalue weighted by Crippen LogP contribution is -2.35. The Morgan fingerprint density at radius 3 is 2.73 bits per heavy atom. The Bertz CT molecular complexity index is 201. The van der Waals surface area contributed by atoms with E-state index in [4.69, 9.17) is 5.26 Å². The van der Waals surface area contributed by atoms with Gasteiger partial charge in [0.15, 0.2) is 0 Å². The van der Waals surface area contributed by atoms with Crippen LogP contribution < -0.4 is 5.32 Å². The highest BCUT2D eigenvalue weighted by molar-refractivity contribution is 5.84. The fourth-order valence-corrected chi connectivity index (χ4v) is 0.437. The smallest absolute Gasteiger partial charge is 0.240 e. The SMILES string of the molecule is C=CCNC(=O)C(C)(C)C#N. The second kappa shape index (κ2) is 3.77. The van der Waals surface area contributed by atoms with Crippen LogP contribution in [-0.4, -0.2) is 12.5 Å².